The van der Waals surface area contributed by atoms with Gasteiger partial charge in [-0.1, -0.05) is 43.1 Å². The lowest BCUT2D eigenvalue weighted by atomic mass is 10.1. The zero-order valence-corrected chi connectivity index (χ0v) is 15.5. The van der Waals surface area contributed by atoms with E-state index in [0.29, 0.717) is 29.4 Å². The van der Waals surface area contributed by atoms with Gasteiger partial charge >= 0.3 is 0 Å². The van der Waals surface area contributed by atoms with Gasteiger partial charge in [0, 0.05) is 19.0 Å². The van der Waals surface area contributed by atoms with E-state index in [-0.39, 0.29) is 17.9 Å². The molecule has 0 aliphatic rings. The SMILES string of the molecule is CCC(=O)N(Cc1ccc(Cl)c(Cl)c1)C(CC)C(=O)NC(C)C. The summed E-state index contributed by atoms with van der Waals surface area (Å²) >= 11 is 12.0. The molecule has 4 nitrogen and oxygen atoms in total. The number of benzene rings is 1. The summed E-state index contributed by atoms with van der Waals surface area (Å²) in [7, 11) is 0. The Morgan fingerprint density at radius 3 is 2.30 bits per heavy atom. The second kappa shape index (κ2) is 9.14. The zero-order valence-electron chi connectivity index (χ0n) is 14.0. The van der Waals surface area contributed by atoms with Crippen molar-refractivity contribution in [2.75, 3.05) is 0 Å². The largest absolute Gasteiger partial charge is 0.352 e. The lowest BCUT2D eigenvalue weighted by Crippen LogP contribution is -2.50. The molecule has 23 heavy (non-hydrogen) atoms. The number of halogens is 2. The Bertz CT molecular complexity index is 562. The summed E-state index contributed by atoms with van der Waals surface area (Å²) in [5, 5.41) is 3.78. The molecular formula is C17H24Cl2N2O2. The number of hydrogen-bond acceptors (Lipinski definition) is 2. The van der Waals surface area contributed by atoms with E-state index >= 15 is 0 Å². The summed E-state index contributed by atoms with van der Waals surface area (Å²) in [6.07, 6.45) is 0.887. The molecule has 0 saturated carbocycles. The maximum Gasteiger partial charge on any atom is 0.243 e. The molecule has 1 atom stereocenters. The molecule has 0 aliphatic carbocycles. The van der Waals surface area contributed by atoms with Crippen LogP contribution in [0.4, 0.5) is 0 Å². The number of carbonyl (C=O) groups is 2. The average molecular weight is 359 g/mol. The van der Waals surface area contributed by atoms with E-state index < -0.39 is 6.04 Å². The lowest BCUT2D eigenvalue weighted by Gasteiger charge is -2.31. The molecule has 1 unspecified atom stereocenters. The summed E-state index contributed by atoms with van der Waals surface area (Å²) in [5.41, 5.74) is 0.844. The highest BCUT2D eigenvalue weighted by Gasteiger charge is 2.28. The third-order valence-electron chi connectivity index (χ3n) is 3.46. The van der Waals surface area contributed by atoms with E-state index in [4.69, 9.17) is 23.2 Å². The minimum atomic E-state index is -0.501. The van der Waals surface area contributed by atoms with Gasteiger partial charge in [-0.25, -0.2) is 0 Å². The molecule has 6 heteroatoms. The van der Waals surface area contributed by atoms with Crippen molar-refractivity contribution >= 4 is 35.0 Å². The maximum absolute atomic E-state index is 12.4. The van der Waals surface area contributed by atoms with Crippen LogP contribution in [0.15, 0.2) is 18.2 Å². The van der Waals surface area contributed by atoms with Crippen LogP contribution in [0.1, 0.15) is 46.1 Å². The van der Waals surface area contributed by atoms with Crippen LogP contribution in [0.25, 0.3) is 0 Å². The molecule has 0 saturated heterocycles. The molecule has 0 spiro atoms. The van der Waals surface area contributed by atoms with Crippen molar-refractivity contribution in [1.82, 2.24) is 10.2 Å². The molecule has 0 heterocycles. The Balaban J connectivity index is 3.04. The van der Waals surface area contributed by atoms with Crippen LogP contribution >= 0.6 is 23.2 Å². The first kappa shape index (κ1) is 19.8. The van der Waals surface area contributed by atoms with Crippen molar-refractivity contribution in [3.63, 3.8) is 0 Å². The highest BCUT2D eigenvalue weighted by molar-refractivity contribution is 6.42. The van der Waals surface area contributed by atoms with Gasteiger partial charge in [0.05, 0.1) is 10.0 Å². The molecular weight excluding hydrogens is 335 g/mol. The van der Waals surface area contributed by atoms with E-state index in [1.165, 1.54) is 0 Å². The fourth-order valence-electron chi connectivity index (χ4n) is 2.34. The summed E-state index contributed by atoms with van der Waals surface area (Å²) in [6.45, 7) is 7.81. The molecule has 1 aromatic carbocycles. The minimum absolute atomic E-state index is 0.0279. The number of amides is 2. The third-order valence-corrected chi connectivity index (χ3v) is 4.20. The quantitative estimate of drug-likeness (QED) is 0.799. The van der Waals surface area contributed by atoms with Crippen LogP contribution < -0.4 is 5.32 Å². The fourth-order valence-corrected chi connectivity index (χ4v) is 2.66. The number of rotatable bonds is 7. The number of carbonyl (C=O) groups excluding carboxylic acids is 2. The van der Waals surface area contributed by atoms with Crippen molar-refractivity contribution in [2.24, 2.45) is 0 Å². The van der Waals surface area contributed by atoms with Crippen LogP contribution in [0.2, 0.25) is 10.0 Å². The van der Waals surface area contributed by atoms with Crippen molar-refractivity contribution in [2.45, 2.75) is 59.2 Å². The van der Waals surface area contributed by atoms with Gasteiger partial charge in [-0.2, -0.15) is 0 Å². The van der Waals surface area contributed by atoms with Crippen molar-refractivity contribution in [3.05, 3.63) is 33.8 Å². The zero-order chi connectivity index (χ0) is 17.6. The van der Waals surface area contributed by atoms with Crippen molar-refractivity contribution in [3.8, 4) is 0 Å². The molecule has 1 rings (SSSR count). The number of nitrogens with zero attached hydrogens (tertiary/aromatic N) is 1. The van der Waals surface area contributed by atoms with Crippen LogP contribution in [0.5, 0.6) is 0 Å². The van der Waals surface area contributed by atoms with Gasteiger partial charge in [0.2, 0.25) is 11.8 Å². The first-order chi connectivity index (χ1) is 10.8. The van der Waals surface area contributed by atoms with Crippen LogP contribution in [-0.4, -0.2) is 28.8 Å². The molecule has 1 N–H and O–H groups in total. The van der Waals surface area contributed by atoms with Crippen molar-refractivity contribution in [1.29, 1.82) is 0 Å². The van der Waals surface area contributed by atoms with E-state index in [0.717, 1.165) is 5.56 Å². The van der Waals surface area contributed by atoms with Gasteiger partial charge in [0.15, 0.2) is 0 Å². The normalized spacial score (nSPS) is 12.1. The standard InChI is InChI=1S/C17H24Cl2N2O2/c1-5-15(17(23)20-11(3)4)21(16(22)6-2)10-12-7-8-13(18)14(19)9-12/h7-9,11,15H,5-6,10H2,1-4H3,(H,20,23). The first-order valence-corrected chi connectivity index (χ1v) is 8.59. The monoisotopic (exact) mass is 358 g/mol. The van der Waals surface area contributed by atoms with Gasteiger partial charge in [0.1, 0.15) is 6.04 Å². The topological polar surface area (TPSA) is 49.4 Å². The van der Waals surface area contributed by atoms with Gasteiger partial charge in [-0.05, 0) is 38.0 Å². The summed E-state index contributed by atoms with van der Waals surface area (Å²) in [4.78, 5) is 26.4. The predicted molar refractivity (Wildman–Crippen MR) is 94.7 cm³/mol. The van der Waals surface area contributed by atoms with Crippen LogP contribution in [0, 0.1) is 0 Å². The van der Waals surface area contributed by atoms with Crippen molar-refractivity contribution < 1.29 is 9.59 Å². The Hall–Kier alpha value is -1.26. The molecule has 128 valence electrons. The Kier molecular flexibility index (Phi) is 7.86. The van der Waals surface area contributed by atoms with E-state index in [1.54, 1.807) is 24.0 Å². The second-order valence-electron chi connectivity index (χ2n) is 5.71. The summed E-state index contributed by atoms with van der Waals surface area (Å²) < 4.78 is 0. The average Bonchev–Trinajstić information content (AvgIpc) is 2.49. The van der Waals surface area contributed by atoms with Crippen LogP contribution in [0.3, 0.4) is 0 Å². The van der Waals surface area contributed by atoms with Gasteiger partial charge in [0.25, 0.3) is 0 Å². The fraction of sp³-hybridized carbons (Fsp3) is 0.529. The Labute approximate surface area is 148 Å². The third kappa shape index (κ3) is 5.70. The van der Waals surface area contributed by atoms with Gasteiger partial charge in [-0.3, -0.25) is 9.59 Å². The first-order valence-electron chi connectivity index (χ1n) is 7.83. The second-order valence-corrected chi connectivity index (χ2v) is 6.53. The Morgan fingerprint density at radius 2 is 1.83 bits per heavy atom. The molecule has 0 aromatic heterocycles. The van der Waals surface area contributed by atoms with E-state index in [2.05, 4.69) is 5.32 Å². The van der Waals surface area contributed by atoms with Gasteiger partial charge < -0.3 is 10.2 Å². The highest BCUT2D eigenvalue weighted by atomic mass is 35.5. The smallest absolute Gasteiger partial charge is 0.243 e. The van der Waals surface area contributed by atoms with E-state index in [9.17, 15) is 9.59 Å². The van der Waals surface area contributed by atoms with E-state index in [1.807, 2.05) is 26.8 Å². The molecule has 1 aromatic rings. The summed E-state index contributed by atoms with van der Waals surface area (Å²) in [5.74, 6) is -0.203. The predicted octanol–water partition coefficient (Wildman–Crippen LogP) is 4.04. The lowest BCUT2D eigenvalue weighted by molar-refractivity contribution is -0.141. The van der Waals surface area contributed by atoms with Crippen LogP contribution in [-0.2, 0) is 16.1 Å². The summed E-state index contributed by atoms with van der Waals surface area (Å²) in [6, 6.07) is 4.77. The van der Waals surface area contributed by atoms with Gasteiger partial charge in [-0.15, -0.1) is 0 Å². The molecule has 0 fully saturated rings. The maximum atomic E-state index is 12.4. The highest BCUT2D eigenvalue weighted by Crippen LogP contribution is 2.24. The molecule has 0 radical (unpaired) electrons. The molecule has 2 amide bonds. The molecule has 0 aliphatic heterocycles. The number of nitrogens with one attached hydrogen (secondary N) is 1. The Morgan fingerprint density at radius 1 is 1.17 bits per heavy atom. The number of hydrogen-bond donors (Lipinski definition) is 1. The minimum Gasteiger partial charge on any atom is -0.352 e. The molecule has 0 bridgehead atoms.